The van der Waals surface area contributed by atoms with E-state index in [1.807, 2.05) is 31.2 Å². The number of amides is 2. The summed E-state index contributed by atoms with van der Waals surface area (Å²) in [5.41, 5.74) is 0.323. The van der Waals surface area contributed by atoms with Gasteiger partial charge in [0.2, 0.25) is 11.8 Å². The van der Waals surface area contributed by atoms with Crippen molar-refractivity contribution in [3.8, 4) is 5.75 Å². The smallest absolute Gasteiger partial charge is 0.406 e. The van der Waals surface area contributed by atoms with Crippen LogP contribution in [0.1, 0.15) is 23.6 Å². The van der Waals surface area contributed by atoms with E-state index in [1.165, 1.54) is 42.5 Å². The van der Waals surface area contributed by atoms with E-state index >= 15 is 0 Å². The lowest BCUT2D eigenvalue weighted by molar-refractivity contribution is -0.274. The zero-order chi connectivity index (χ0) is 25.3. The molecule has 1 saturated carbocycles. The number of carbonyl (C=O) groups is 2. The number of ether oxygens (including phenoxy) is 1. The lowest BCUT2D eigenvalue weighted by Crippen LogP contribution is -2.42. The standard InChI is InChI=1S/C26H18Cl2F3NO3/c1-14-3-5-15(6-4-14)25(16-7-9-20(10-8-16)35-26(29,30)31)21-22(33)32(23(34)24(21,25)2)19-12-17(27)11-18(28)13-19/h3-13,21H,1-2H3/t21-,24-,25-/m1/s1. The predicted molar refractivity (Wildman–Crippen MR) is 126 cm³/mol. The molecular weight excluding hydrogens is 502 g/mol. The number of alkyl halides is 3. The van der Waals surface area contributed by atoms with Crippen LogP contribution < -0.4 is 9.64 Å². The minimum Gasteiger partial charge on any atom is -0.406 e. The maximum atomic E-state index is 13.8. The number of imide groups is 1. The quantitative estimate of drug-likeness (QED) is 0.360. The number of fused-ring (bicyclic) bond motifs is 1. The first kappa shape index (κ1) is 23.7. The summed E-state index contributed by atoms with van der Waals surface area (Å²) < 4.78 is 42.0. The molecule has 2 aliphatic rings. The first-order valence-electron chi connectivity index (χ1n) is 10.7. The van der Waals surface area contributed by atoms with Crippen LogP contribution in [0.5, 0.6) is 5.75 Å². The molecule has 3 aromatic rings. The summed E-state index contributed by atoms with van der Waals surface area (Å²) in [7, 11) is 0. The molecule has 1 aliphatic carbocycles. The van der Waals surface area contributed by atoms with Crippen LogP contribution >= 0.6 is 23.2 Å². The van der Waals surface area contributed by atoms with Gasteiger partial charge in [0.05, 0.1) is 17.0 Å². The van der Waals surface area contributed by atoms with Gasteiger partial charge in [0.25, 0.3) is 0 Å². The predicted octanol–water partition coefficient (Wildman–Crippen LogP) is 6.70. The Hall–Kier alpha value is -3.03. The average Bonchev–Trinajstić information content (AvgIpc) is 3.27. The van der Waals surface area contributed by atoms with Crippen LogP contribution in [0.2, 0.25) is 10.0 Å². The number of hydrogen-bond acceptors (Lipinski definition) is 3. The Morgan fingerprint density at radius 1 is 0.886 bits per heavy atom. The molecule has 35 heavy (non-hydrogen) atoms. The maximum Gasteiger partial charge on any atom is 0.573 e. The van der Waals surface area contributed by atoms with Crippen LogP contribution in [0.15, 0.2) is 66.7 Å². The van der Waals surface area contributed by atoms with Gasteiger partial charge < -0.3 is 4.74 Å². The van der Waals surface area contributed by atoms with Gasteiger partial charge in [-0.15, -0.1) is 13.2 Å². The molecule has 0 bridgehead atoms. The number of carbonyl (C=O) groups excluding carboxylic acids is 2. The van der Waals surface area contributed by atoms with E-state index in [4.69, 9.17) is 23.2 Å². The highest BCUT2D eigenvalue weighted by Crippen LogP contribution is 2.76. The molecule has 1 aliphatic heterocycles. The molecule has 0 N–H and O–H groups in total. The van der Waals surface area contributed by atoms with E-state index in [-0.39, 0.29) is 21.5 Å². The molecule has 1 saturated heterocycles. The van der Waals surface area contributed by atoms with Crippen LogP contribution in [-0.2, 0) is 15.0 Å². The third-order valence-corrected chi connectivity index (χ3v) is 7.45. The Morgan fingerprint density at radius 2 is 1.40 bits per heavy atom. The highest BCUT2D eigenvalue weighted by molar-refractivity contribution is 6.36. The summed E-state index contributed by atoms with van der Waals surface area (Å²) in [6, 6.07) is 17.3. The molecule has 2 amide bonds. The molecule has 180 valence electrons. The van der Waals surface area contributed by atoms with E-state index in [2.05, 4.69) is 4.74 Å². The molecule has 4 nitrogen and oxygen atoms in total. The van der Waals surface area contributed by atoms with Crippen LogP contribution in [0.3, 0.4) is 0 Å². The van der Waals surface area contributed by atoms with Crippen molar-refractivity contribution in [1.82, 2.24) is 0 Å². The normalized spacial score (nSPS) is 25.6. The monoisotopic (exact) mass is 519 g/mol. The largest absolute Gasteiger partial charge is 0.573 e. The van der Waals surface area contributed by atoms with E-state index in [0.717, 1.165) is 16.0 Å². The lowest BCUT2D eigenvalue weighted by atomic mass is 9.79. The Kier molecular flexibility index (Phi) is 5.24. The highest BCUT2D eigenvalue weighted by Gasteiger charge is 2.86. The maximum absolute atomic E-state index is 13.8. The number of halogens is 5. The van der Waals surface area contributed by atoms with Crippen LogP contribution in [0, 0.1) is 18.3 Å². The van der Waals surface area contributed by atoms with Gasteiger partial charge in [0.1, 0.15) is 5.75 Å². The SMILES string of the molecule is Cc1ccc([C@@]2(c3ccc(OC(F)(F)F)cc3)[C@@H]3C(=O)N(c4cc(Cl)cc(Cl)c4)C(=O)[C@@]32C)cc1. The lowest BCUT2D eigenvalue weighted by Gasteiger charge is -2.30. The fraction of sp³-hybridized carbons (Fsp3) is 0.231. The van der Waals surface area contributed by atoms with E-state index in [0.29, 0.717) is 5.56 Å². The van der Waals surface area contributed by atoms with E-state index in [1.54, 1.807) is 6.92 Å². The number of benzene rings is 3. The van der Waals surface area contributed by atoms with Crippen molar-refractivity contribution in [2.24, 2.45) is 11.3 Å². The molecular formula is C26H18Cl2F3NO3. The van der Waals surface area contributed by atoms with Crippen molar-refractivity contribution in [2.75, 3.05) is 4.90 Å². The van der Waals surface area contributed by atoms with Gasteiger partial charge in [-0.25, -0.2) is 4.90 Å². The first-order chi connectivity index (χ1) is 16.4. The molecule has 3 aromatic carbocycles. The highest BCUT2D eigenvalue weighted by atomic mass is 35.5. The number of rotatable bonds is 4. The van der Waals surface area contributed by atoms with Gasteiger partial charge in [-0.2, -0.15) is 0 Å². The van der Waals surface area contributed by atoms with Gasteiger partial charge in [-0.05, 0) is 55.3 Å². The summed E-state index contributed by atoms with van der Waals surface area (Å²) in [5, 5.41) is 0.563. The average molecular weight is 520 g/mol. The van der Waals surface area contributed by atoms with Gasteiger partial charge >= 0.3 is 6.36 Å². The summed E-state index contributed by atoms with van der Waals surface area (Å²) in [6.07, 6.45) is -4.83. The number of aryl methyl sites for hydroxylation is 1. The number of hydrogen-bond donors (Lipinski definition) is 0. The molecule has 0 aromatic heterocycles. The number of piperidine rings is 1. The fourth-order valence-corrected chi connectivity index (χ4v) is 6.07. The second-order valence-corrected chi connectivity index (χ2v) is 9.86. The third kappa shape index (κ3) is 3.44. The van der Waals surface area contributed by atoms with Crippen molar-refractivity contribution in [3.63, 3.8) is 0 Å². The summed E-state index contributed by atoms with van der Waals surface area (Å²) >= 11 is 12.2. The second kappa shape index (κ2) is 7.73. The van der Waals surface area contributed by atoms with Crippen molar-refractivity contribution in [2.45, 2.75) is 25.6 Å². The topological polar surface area (TPSA) is 46.6 Å². The van der Waals surface area contributed by atoms with Crippen LogP contribution in [-0.4, -0.2) is 18.2 Å². The molecule has 0 unspecified atom stereocenters. The molecule has 0 spiro atoms. The van der Waals surface area contributed by atoms with E-state index < -0.39 is 34.9 Å². The van der Waals surface area contributed by atoms with Crippen molar-refractivity contribution >= 4 is 40.7 Å². The van der Waals surface area contributed by atoms with Crippen LogP contribution in [0.4, 0.5) is 18.9 Å². The Balaban J connectivity index is 1.62. The molecule has 1 heterocycles. The summed E-state index contributed by atoms with van der Waals surface area (Å²) in [5.74, 6) is -2.00. The third-order valence-electron chi connectivity index (χ3n) is 7.02. The van der Waals surface area contributed by atoms with Crippen molar-refractivity contribution in [1.29, 1.82) is 0 Å². The van der Waals surface area contributed by atoms with Gasteiger partial charge in [0, 0.05) is 15.5 Å². The zero-order valence-corrected chi connectivity index (χ0v) is 20.0. The first-order valence-corrected chi connectivity index (χ1v) is 11.4. The fourth-order valence-electron chi connectivity index (χ4n) is 5.55. The van der Waals surface area contributed by atoms with Gasteiger partial charge in [-0.1, -0.05) is 65.2 Å². The Labute approximate surface area is 209 Å². The van der Waals surface area contributed by atoms with E-state index in [9.17, 15) is 22.8 Å². The van der Waals surface area contributed by atoms with Crippen LogP contribution in [0.25, 0.3) is 0 Å². The zero-order valence-electron chi connectivity index (χ0n) is 18.5. The molecule has 0 radical (unpaired) electrons. The van der Waals surface area contributed by atoms with Crippen molar-refractivity contribution < 1.29 is 27.5 Å². The second-order valence-electron chi connectivity index (χ2n) is 8.99. The Bertz CT molecular complexity index is 1340. The number of nitrogens with zero attached hydrogens (tertiary/aromatic N) is 1. The van der Waals surface area contributed by atoms with Gasteiger partial charge in [0.15, 0.2) is 0 Å². The van der Waals surface area contributed by atoms with Crippen molar-refractivity contribution in [3.05, 3.63) is 93.5 Å². The summed E-state index contributed by atoms with van der Waals surface area (Å²) in [4.78, 5) is 28.6. The van der Waals surface area contributed by atoms with Gasteiger partial charge in [-0.3, -0.25) is 9.59 Å². The molecule has 9 heteroatoms. The Morgan fingerprint density at radius 3 is 1.86 bits per heavy atom. The minimum absolute atomic E-state index is 0.276. The molecule has 3 atom stereocenters. The summed E-state index contributed by atoms with van der Waals surface area (Å²) in [6.45, 7) is 3.63. The molecule has 2 fully saturated rings. The minimum atomic E-state index is -4.83. The number of anilines is 1. The molecule has 5 rings (SSSR count).